The number of halogens is 5. The number of carboxylic acid groups (broad SMARTS) is 1. The second-order valence-electron chi connectivity index (χ2n) is 6.78. The molecule has 0 bridgehead atoms. The summed E-state index contributed by atoms with van der Waals surface area (Å²) in [6.45, 7) is 0. The van der Waals surface area contributed by atoms with Crippen molar-refractivity contribution in [1.29, 1.82) is 0 Å². The van der Waals surface area contributed by atoms with E-state index in [0.29, 0.717) is 26.6 Å². The zero-order valence-electron chi connectivity index (χ0n) is 14.2. The molecule has 1 heterocycles. The van der Waals surface area contributed by atoms with Crippen molar-refractivity contribution in [3.63, 3.8) is 0 Å². The van der Waals surface area contributed by atoms with Gasteiger partial charge in [-0.15, -0.1) is 13.2 Å². The van der Waals surface area contributed by atoms with E-state index in [-0.39, 0.29) is 28.7 Å². The second-order valence-corrected chi connectivity index (χ2v) is 7.62. The molecule has 4 nitrogen and oxygen atoms in total. The Morgan fingerprint density at radius 2 is 1.96 bits per heavy atom. The third kappa shape index (κ3) is 3.33. The number of benzene rings is 2. The number of alkyl halides is 3. The first-order chi connectivity index (χ1) is 13.2. The number of aliphatic carboxylic acids is 1. The van der Waals surface area contributed by atoms with Crippen molar-refractivity contribution in [3.8, 4) is 0 Å². The summed E-state index contributed by atoms with van der Waals surface area (Å²) in [5.41, 5.74) is 1.37. The molecule has 2 atom stereocenters. The molecule has 146 valence electrons. The number of carboxylic acids is 1. The maximum Gasteiger partial charge on any atom is 0.505 e. The zero-order valence-corrected chi connectivity index (χ0v) is 15.7. The fraction of sp³-hybridized carbons (Fsp3) is 0.263. The normalized spacial score (nSPS) is 19.2. The fourth-order valence-electron chi connectivity index (χ4n) is 3.51. The van der Waals surface area contributed by atoms with Crippen molar-refractivity contribution < 1.29 is 23.1 Å². The molecule has 1 N–H and O–H groups in total. The summed E-state index contributed by atoms with van der Waals surface area (Å²) >= 11 is 12.1. The van der Waals surface area contributed by atoms with Crippen molar-refractivity contribution in [2.75, 3.05) is 0 Å². The van der Waals surface area contributed by atoms with Crippen LogP contribution in [0.15, 0.2) is 36.4 Å². The Balaban J connectivity index is 1.87. The fourth-order valence-corrected chi connectivity index (χ4v) is 3.99. The maximum absolute atomic E-state index is 13.5. The van der Waals surface area contributed by atoms with Gasteiger partial charge in [-0.05, 0) is 42.2 Å². The van der Waals surface area contributed by atoms with Crippen LogP contribution in [0.1, 0.15) is 29.2 Å². The van der Waals surface area contributed by atoms with Crippen LogP contribution in [0.2, 0.25) is 10.0 Å². The number of fused-ring (bicyclic) bond motifs is 1. The topological polar surface area (TPSA) is 55.1 Å². The van der Waals surface area contributed by atoms with E-state index >= 15 is 0 Å². The second kappa shape index (κ2) is 6.67. The van der Waals surface area contributed by atoms with Crippen molar-refractivity contribution in [3.05, 3.63) is 63.3 Å². The summed E-state index contributed by atoms with van der Waals surface area (Å²) in [7, 11) is 0. The predicted molar refractivity (Wildman–Crippen MR) is 98.8 cm³/mol. The molecule has 0 amide bonds. The van der Waals surface area contributed by atoms with Crippen LogP contribution in [-0.4, -0.2) is 20.9 Å². The van der Waals surface area contributed by atoms with Crippen LogP contribution in [0.25, 0.3) is 10.9 Å². The van der Waals surface area contributed by atoms with Crippen LogP contribution < -0.4 is 0 Å². The van der Waals surface area contributed by atoms with Crippen molar-refractivity contribution in [1.82, 2.24) is 9.78 Å². The van der Waals surface area contributed by atoms with Gasteiger partial charge in [0, 0.05) is 21.3 Å². The van der Waals surface area contributed by atoms with Crippen molar-refractivity contribution in [2.24, 2.45) is 5.92 Å². The minimum atomic E-state index is -4.71. The quantitative estimate of drug-likeness (QED) is 0.588. The van der Waals surface area contributed by atoms with E-state index < -0.39 is 24.1 Å². The molecule has 0 spiro atoms. The Morgan fingerprint density at radius 1 is 1.21 bits per heavy atom. The Labute approximate surface area is 167 Å². The summed E-state index contributed by atoms with van der Waals surface area (Å²) < 4.78 is 40.5. The molecule has 4 rings (SSSR count). The number of hydrogen-bond donors (Lipinski definition) is 1. The minimum Gasteiger partial charge on any atom is -0.481 e. The number of hydrogen-bond acceptors (Lipinski definition) is 2. The summed E-state index contributed by atoms with van der Waals surface area (Å²) in [4.78, 5) is 11.3. The molecule has 1 aliphatic carbocycles. The summed E-state index contributed by atoms with van der Waals surface area (Å²) in [5, 5.41) is 14.2. The molecule has 28 heavy (non-hydrogen) atoms. The lowest BCUT2D eigenvalue weighted by Crippen LogP contribution is -2.18. The van der Waals surface area contributed by atoms with E-state index in [2.05, 4.69) is 5.10 Å². The largest absolute Gasteiger partial charge is 0.505 e. The van der Waals surface area contributed by atoms with E-state index in [4.69, 9.17) is 23.2 Å². The molecular formula is C19H13Cl2F3N2O2. The van der Waals surface area contributed by atoms with Gasteiger partial charge in [0.05, 0.1) is 17.1 Å². The smallest absolute Gasteiger partial charge is 0.481 e. The van der Waals surface area contributed by atoms with Crippen LogP contribution in [0.4, 0.5) is 13.2 Å². The molecule has 0 aliphatic heterocycles. The highest BCUT2D eigenvalue weighted by molar-refractivity contribution is 6.35. The molecular weight excluding hydrogens is 416 g/mol. The lowest BCUT2D eigenvalue weighted by Gasteiger charge is -2.09. The SMILES string of the molecule is O=C(O)C1CC1c1nn(C(F)(F)F)c2cccc(Cc3ccc(Cl)cc3Cl)c12. The van der Waals surface area contributed by atoms with Gasteiger partial charge in [0.15, 0.2) is 0 Å². The number of carbonyl (C=O) groups is 1. The Morgan fingerprint density at radius 3 is 2.57 bits per heavy atom. The molecule has 1 aliphatic rings. The molecule has 9 heteroatoms. The molecule has 2 aromatic carbocycles. The average molecular weight is 429 g/mol. The predicted octanol–water partition coefficient (Wildman–Crippen LogP) is 5.60. The number of aromatic nitrogens is 2. The van der Waals surface area contributed by atoms with Crippen LogP contribution in [-0.2, 0) is 17.5 Å². The van der Waals surface area contributed by atoms with Crippen LogP contribution in [0, 0.1) is 5.92 Å². The van der Waals surface area contributed by atoms with Crippen LogP contribution in [0.3, 0.4) is 0 Å². The van der Waals surface area contributed by atoms with Crippen LogP contribution in [0.5, 0.6) is 0 Å². The first kappa shape index (κ1) is 19.1. The summed E-state index contributed by atoms with van der Waals surface area (Å²) in [6, 6.07) is 9.51. The monoisotopic (exact) mass is 428 g/mol. The van der Waals surface area contributed by atoms with E-state index in [0.717, 1.165) is 0 Å². The molecule has 3 aromatic rings. The summed E-state index contributed by atoms with van der Waals surface area (Å²) in [6.07, 6.45) is -4.16. The summed E-state index contributed by atoms with van der Waals surface area (Å²) in [5.74, 6) is -2.28. The van der Waals surface area contributed by atoms with Gasteiger partial charge in [0.2, 0.25) is 0 Å². The molecule has 0 radical (unpaired) electrons. The van der Waals surface area contributed by atoms with Crippen molar-refractivity contribution in [2.45, 2.75) is 25.1 Å². The third-order valence-electron chi connectivity index (χ3n) is 4.92. The van der Waals surface area contributed by atoms with Crippen molar-refractivity contribution >= 4 is 40.1 Å². The Bertz CT molecular complexity index is 1090. The van der Waals surface area contributed by atoms with Gasteiger partial charge >= 0.3 is 12.3 Å². The van der Waals surface area contributed by atoms with Gasteiger partial charge in [-0.3, -0.25) is 4.79 Å². The zero-order chi connectivity index (χ0) is 20.2. The third-order valence-corrected chi connectivity index (χ3v) is 5.50. The van der Waals surface area contributed by atoms with E-state index in [1.807, 2.05) is 0 Å². The first-order valence-corrected chi connectivity index (χ1v) is 9.17. The molecule has 2 unspecified atom stereocenters. The van der Waals surface area contributed by atoms with Gasteiger partial charge in [0.1, 0.15) is 0 Å². The number of rotatable bonds is 4. The van der Waals surface area contributed by atoms with Gasteiger partial charge < -0.3 is 5.11 Å². The highest BCUT2D eigenvalue weighted by Gasteiger charge is 2.48. The highest BCUT2D eigenvalue weighted by Crippen LogP contribution is 2.50. The van der Waals surface area contributed by atoms with Gasteiger partial charge in [-0.1, -0.05) is 41.4 Å². The van der Waals surface area contributed by atoms with E-state index in [1.165, 1.54) is 12.1 Å². The van der Waals surface area contributed by atoms with Crippen LogP contribution >= 0.6 is 23.2 Å². The average Bonchev–Trinajstić information content (AvgIpc) is 3.30. The molecule has 1 aromatic heterocycles. The minimum absolute atomic E-state index is 0.0157. The Hall–Kier alpha value is -2.25. The highest BCUT2D eigenvalue weighted by atomic mass is 35.5. The molecule has 0 saturated heterocycles. The van der Waals surface area contributed by atoms with Gasteiger partial charge in [0.25, 0.3) is 0 Å². The Kier molecular flexibility index (Phi) is 4.55. The van der Waals surface area contributed by atoms with E-state index in [9.17, 15) is 23.1 Å². The van der Waals surface area contributed by atoms with Gasteiger partial charge in [-0.2, -0.15) is 9.78 Å². The van der Waals surface area contributed by atoms with Gasteiger partial charge in [-0.25, -0.2) is 0 Å². The number of nitrogens with zero attached hydrogens (tertiary/aromatic N) is 2. The molecule has 1 fully saturated rings. The maximum atomic E-state index is 13.5. The first-order valence-electron chi connectivity index (χ1n) is 8.41. The lowest BCUT2D eigenvalue weighted by molar-refractivity contribution is -0.209. The van der Waals surface area contributed by atoms with E-state index in [1.54, 1.807) is 24.3 Å². The standard InChI is InChI=1S/C19H13Cl2F3N2O2/c20-11-5-4-9(14(21)7-11)6-10-2-1-3-15-16(10)17(12-8-13(12)18(27)28)25-26(15)19(22,23)24/h1-5,7,12-13H,6,8H2,(H,27,28). The molecule has 1 saturated carbocycles. The lowest BCUT2D eigenvalue weighted by atomic mass is 9.98.